The molecule has 0 aliphatic rings. The van der Waals surface area contributed by atoms with Crippen molar-refractivity contribution in [3.8, 4) is 5.75 Å². The maximum Gasteiger partial charge on any atom is 0.347 e. The molecule has 0 aromatic heterocycles. The normalized spacial score (nSPS) is 12.1. The standard InChI is InChI=1S/C19H20Cl2N2O6S/c1-12(29-17-7-4-14(20)10-16(17)21)19(25)28-11-18(24)23-9-8-13-2-5-15(6-3-13)30(22,26)27/h2-7,10,12H,8-9,11H2,1H3,(H,23,24)(H2,22,26,27). The van der Waals surface area contributed by atoms with Gasteiger partial charge in [-0.3, -0.25) is 4.79 Å². The Balaban J connectivity index is 1.72. The average molecular weight is 475 g/mol. The molecule has 0 heterocycles. The first kappa shape index (κ1) is 23.9. The molecule has 162 valence electrons. The Morgan fingerprint density at radius 3 is 2.40 bits per heavy atom. The molecule has 2 rings (SSSR count). The molecular formula is C19H20Cl2N2O6S. The zero-order valence-corrected chi connectivity index (χ0v) is 18.3. The van der Waals surface area contributed by atoms with Gasteiger partial charge in [0.2, 0.25) is 10.0 Å². The van der Waals surface area contributed by atoms with Crippen LogP contribution in [0.5, 0.6) is 5.75 Å². The molecule has 11 heteroatoms. The number of sulfonamides is 1. The second kappa shape index (κ2) is 10.6. The lowest BCUT2D eigenvalue weighted by Crippen LogP contribution is -2.33. The third kappa shape index (κ3) is 7.49. The Bertz CT molecular complexity index is 1010. The highest BCUT2D eigenvalue weighted by Crippen LogP contribution is 2.28. The summed E-state index contributed by atoms with van der Waals surface area (Å²) in [6, 6.07) is 10.6. The topological polar surface area (TPSA) is 125 Å². The van der Waals surface area contributed by atoms with Crippen LogP contribution in [0.3, 0.4) is 0 Å². The number of halogens is 2. The van der Waals surface area contributed by atoms with E-state index in [1.165, 1.54) is 31.2 Å². The van der Waals surface area contributed by atoms with Crippen LogP contribution in [0.2, 0.25) is 10.0 Å². The lowest BCUT2D eigenvalue weighted by atomic mass is 10.1. The van der Waals surface area contributed by atoms with Gasteiger partial charge in [0.05, 0.1) is 9.92 Å². The molecule has 0 aliphatic heterocycles. The molecule has 1 amide bonds. The van der Waals surface area contributed by atoms with Gasteiger partial charge >= 0.3 is 5.97 Å². The van der Waals surface area contributed by atoms with Gasteiger partial charge in [-0.2, -0.15) is 0 Å². The first-order chi connectivity index (χ1) is 14.1. The number of primary sulfonamides is 1. The van der Waals surface area contributed by atoms with E-state index in [2.05, 4.69) is 5.32 Å². The number of esters is 1. The van der Waals surface area contributed by atoms with Crippen molar-refractivity contribution in [3.05, 3.63) is 58.1 Å². The number of amides is 1. The number of nitrogens with one attached hydrogen (secondary N) is 1. The number of benzene rings is 2. The van der Waals surface area contributed by atoms with Crippen LogP contribution in [0.15, 0.2) is 47.4 Å². The number of rotatable bonds is 9. The molecule has 8 nitrogen and oxygen atoms in total. The molecule has 0 saturated carbocycles. The summed E-state index contributed by atoms with van der Waals surface area (Å²) < 4.78 is 32.8. The summed E-state index contributed by atoms with van der Waals surface area (Å²) in [5.41, 5.74) is 0.807. The van der Waals surface area contributed by atoms with E-state index < -0.39 is 34.6 Å². The lowest BCUT2D eigenvalue weighted by molar-refractivity contribution is -0.154. The van der Waals surface area contributed by atoms with E-state index in [0.29, 0.717) is 11.4 Å². The Morgan fingerprint density at radius 2 is 1.80 bits per heavy atom. The van der Waals surface area contributed by atoms with E-state index in [0.717, 1.165) is 5.56 Å². The van der Waals surface area contributed by atoms with E-state index in [1.54, 1.807) is 18.2 Å². The van der Waals surface area contributed by atoms with Gasteiger partial charge in [-0.15, -0.1) is 0 Å². The maximum atomic E-state index is 12.0. The zero-order valence-electron chi connectivity index (χ0n) is 15.9. The van der Waals surface area contributed by atoms with Crippen LogP contribution in [-0.4, -0.2) is 39.5 Å². The fraction of sp³-hybridized carbons (Fsp3) is 0.263. The quantitative estimate of drug-likeness (QED) is 0.537. The summed E-state index contributed by atoms with van der Waals surface area (Å²) in [5.74, 6) is -0.945. The van der Waals surface area contributed by atoms with Crippen molar-refractivity contribution in [3.63, 3.8) is 0 Å². The van der Waals surface area contributed by atoms with Crippen LogP contribution in [-0.2, 0) is 30.8 Å². The second-order valence-electron chi connectivity index (χ2n) is 6.23. The summed E-state index contributed by atoms with van der Waals surface area (Å²) >= 11 is 11.8. The summed E-state index contributed by atoms with van der Waals surface area (Å²) in [4.78, 5) is 23.8. The van der Waals surface area contributed by atoms with Gasteiger partial charge < -0.3 is 14.8 Å². The fourth-order valence-corrected chi connectivity index (χ4v) is 3.27. The second-order valence-corrected chi connectivity index (χ2v) is 8.64. The van der Waals surface area contributed by atoms with E-state index >= 15 is 0 Å². The minimum Gasteiger partial charge on any atom is -0.477 e. The molecule has 0 bridgehead atoms. The molecule has 1 atom stereocenters. The SMILES string of the molecule is CC(Oc1ccc(Cl)cc1Cl)C(=O)OCC(=O)NCCc1ccc(S(N)(=O)=O)cc1. The highest BCUT2D eigenvalue weighted by molar-refractivity contribution is 7.89. The van der Waals surface area contributed by atoms with E-state index in [4.69, 9.17) is 37.8 Å². The lowest BCUT2D eigenvalue weighted by Gasteiger charge is -2.15. The monoisotopic (exact) mass is 474 g/mol. The highest BCUT2D eigenvalue weighted by atomic mass is 35.5. The van der Waals surface area contributed by atoms with Crippen molar-refractivity contribution in [2.24, 2.45) is 5.14 Å². The summed E-state index contributed by atoms with van der Waals surface area (Å²) in [6.45, 7) is 1.28. The number of carbonyl (C=O) groups is 2. The molecule has 0 radical (unpaired) electrons. The molecule has 2 aromatic rings. The Morgan fingerprint density at radius 1 is 1.13 bits per heavy atom. The summed E-state index contributed by atoms with van der Waals surface area (Å²) in [6.07, 6.45) is -0.520. The van der Waals surface area contributed by atoms with Crippen molar-refractivity contribution in [1.82, 2.24) is 5.32 Å². The smallest absolute Gasteiger partial charge is 0.347 e. The molecule has 0 fully saturated rings. The van der Waals surface area contributed by atoms with Gasteiger partial charge in [0, 0.05) is 11.6 Å². The summed E-state index contributed by atoms with van der Waals surface area (Å²) in [5, 5.41) is 8.31. The van der Waals surface area contributed by atoms with Crippen molar-refractivity contribution in [2.45, 2.75) is 24.3 Å². The van der Waals surface area contributed by atoms with E-state index in [1.807, 2.05) is 0 Å². The molecule has 3 N–H and O–H groups in total. The number of hydrogen-bond donors (Lipinski definition) is 2. The third-order valence-corrected chi connectivity index (χ3v) is 5.32. The number of ether oxygens (including phenoxy) is 2. The Kier molecular flexibility index (Phi) is 8.48. The average Bonchev–Trinajstić information content (AvgIpc) is 2.68. The largest absolute Gasteiger partial charge is 0.477 e. The zero-order chi connectivity index (χ0) is 22.3. The summed E-state index contributed by atoms with van der Waals surface area (Å²) in [7, 11) is -3.74. The molecule has 0 saturated heterocycles. The minimum absolute atomic E-state index is 0.0124. The minimum atomic E-state index is -3.74. The van der Waals surface area contributed by atoms with Crippen LogP contribution >= 0.6 is 23.2 Å². The predicted molar refractivity (Wildman–Crippen MR) is 112 cm³/mol. The number of carbonyl (C=O) groups excluding carboxylic acids is 2. The Hall–Kier alpha value is -2.33. The maximum absolute atomic E-state index is 12.0. The van der Waals surface area contributed by atoms with Gasteiger partial charge in [-0.05, 0) is 49.2 Å². The van der Waals surface area contributed by atoms with Crippen molar-refractivity contribution in [1.29, 1.82) is 0 Å². The first-order valence-electron chi connectivity index (χ1n) is 8.73. The van der Waals surface area contributed by atoms with Crippen LogP contribution < -0.4 is 15.2 Å². The first-order valence-corrected chi connectivity index (χ1v) is 11.0. The third-order valence-electron chi connectivity index (χ3n) is 3.86. The highest BCUT2D eigenvalue weighted by Gasteiger charge is 2.19. The predicted octanol–water partition coefficient (Wildman–Crippen LogP) is 2.31. The van der Waals surface area contributed by atoms with E-state index in [9.17, 15) is 18.0 Å². The number of hydrogen-bond acceptors (Lipinski definition) is 6. The molecule has 0 spiro atoms. The van der Waals surface area contributed by atoms with Crippen LogP contribution in [0.4, 0.5) is 0 Å². The molecule has 1 unspecified atom stereocenters. The van der Waals surface area contributed by atoms with Gasteiger partial charge in [-0.1, -0.05) is 35.3 Å². The Labute approximate surface area is 184 Å². The molecule has 0 aliphatic carbocycles. The number of nitrogens with two attached hydrogens (primary N) is 1. The molecular weight excluding hydrogens is 455 g/mol. The molecule has 2 aromatic carbocycles. The van der Waals surface area contributed by atoms with E-state index in [-0.39, 0.29) is 22.2 Å². The van der Waals surface area contributed by atoms with Crippen molar-refractivity contribution in [2.75, 3.05) is 13.2 Å². The van der Waals surface area contributed by atoms with Gasteiger partial charge in [0.15, 0.2) is 12.7 Å². The van der Waals surface area contributed by atoms with Gasteiger partial charge in [0.1, 0.15) is 5.75 Å². The van der Waals surface area contributed by atoms with Gasteiger partial charge in [0.25, 0.3) is 5.91 Å². The van der Waals surface area contributed by atoms with Crippen LogP contribution in [0.1, 0.15) is 12.5 Å². The molecule has 30 heavy (non-hydrogen) atoms. The fourth-order valence-electron chi connectivity index (χ4n) is 2.31. The van der Waals surface area contributed by atoms with Crippen LogP contribution in [0.25, 0.3) is 0 Å². The van der Waals surface area contributed by atoms with Gasteiger partial charge in [-0.25, -0.2) is 18.4 Å². The van der Waals surface area contributed by atoms with Crippen molar-refractivity contribution >= 4 is 45.1 Å². The van der Waals surface area contributed by atoms with Crippen molar-refractivity contribution < 1.29 is 27.5 Å². The van der Waals surface area contributed by atoms with Crippen LogP contribution in [0, 0.1) is 0 Å².